The molecule has 7 nitrogen and oxygen atoms in total. The van der Waals surface area contributed by atoms with Crippen LogP contribution in [-0.4, -0.2) is 71.0 Å². The zero-order valence-electron chi connectivity index (χ0n) is 20.2. The summed E-state index contributed by atoms with van der Waals surface area (Å²) in [7, 11) is 3.64. The van der Waals surface area contributed by atoms with Gasteiger partial charge in [0.05, 0.1) is 12.1 Å². The van der Waals surface area contributed by atoms with E-state index in [1.54, 1.807) is 18.0 Å². The fourth-order valence-corrected chi connectivity index (χ4v) is 3.95. The van der Waals surface area contributed by atoms with Crippen LogP contribution in [0.15, 0.2) is 11.6 Å². The number of likely N-dealkylation sites (tertiary alicyclic amines) is 1. The summed E-state index contributed by atoms with van der Waals surface area (Å²) in [4.78, 5) is 41.5. The van der Waals surface area contributed by atoms with E-state index in [1.807, 2.05) is 41.7 Å². The lowest BCUT2D eigenvalue weighted by Gasteiger charge is -2.40. The predicted molar refractivity (Wildman–Crippen MR) is 119 cm³/mol. The summed E-state index contributed by atoms with van der Waals surface area (Å²) in [5, 5.41) is 12.3. The van der Waals surface area contributed by atoms with Crippen LogP contribution < -0.4 is 5.32 Å². The van der Waals surface area contributed by atoms with Gasteiger partial charge >= 0.3 is 5.97 Å². The molecule has 0 unspecified atom stereocenters. The highest BCUT2D eigenvalue weighted by atomic mass is 16.4. The smallest absolute Gasteiger partial charge is 0.331 e. The number of piperidine rings is 1. The fraction of sp³-hybridized carbons (Fsp3) is 0.783. The van der Waals surface area contributed by atoms with E-state index in [0.717, 1.165) is 19.3 Å². The van der Waals surface area contributed by atoms with E-state index >= 15 is 0 Å². The highest BCUT2D eigenvalue weighted by Gasteiger charge is 2.39. The molecule has 1 aliphatic heterocycles. The molecule has 7 heteroatoms. The van der Waals surface area contributed by atoms with Crippen LogP contribution in [0, 0.1) is 11.3 Å². The van der Waals surface area contributed by atoms with Crippen LogP contribution >= 0.6 is 0 Å². The molecule has 0 aromatic carbocycles. The number of carbonyl (C=O) groups excluding carboxylic acids is 2. The molecule has 172 valence electrons. The van der Waals surface area contributed by atoms with E-state index in [4.69, 9.17) is 0 Å². The molecular weight excluding hydrogens is 382 g/mol. The number of rotatable bonds is 7. The van der Waals surface area contributed by atoms with Gasteiger partial charge in [-0.1, -0.05) is 40.7 Å². The molecule has 1 heterocycles. The summed E-state index contributed by atoms with van der Waals surface area (Å²) in [5.41, 5.74) is -0.296. The maximum absolute atomic E-state index is 13.5. The second-order valence-corrected chi connectivity index (χ2v) is 10.1. The zero-order chi connectivity index (χ0) is 23.4. The summed E-state index contributed by atoms with van der Waals surface area (Å²) < 4.78 is 0. The number of carbonyl (C=O) groups is 3. The first-order valence-corrected chi connectivity index (χ1v) is 10.9. The Kier molecular flexibility index (Phi) is 9.08. The molecule has 1 fully saturated rings. The Bertz CT molecular complexity index is 666. The summed E-state index contributed by atoms with van der Waals surface area (Å²) in [5.74, 6) is -1.31. The first-order valence-electron chi connectivity index (χ1n) is 10.9. The third kappa shape index (κ3) is 6.56. The van der Waals surface area contributed by atoms with E-state index in [-0.39, 0.29) is 35.4 Å². The maximum atomic E-state index is 13.5. The lowest BCUT2D eigenvalue weighted by Crippen LogP contribution is -2.60. The standard InChI is InChI=1S/C23H41N3O4/c1-14(2)18(13-15(3)22(29)30)26(9)21(28)19(23(5,6)7)24-20(27)17-12-10-11-16(4)25(17)8/h13-14,16-19H,10-12H2,1-9H3,(H,24,27)(H,29,30)/b15-13+/t16-,17+,18+,19+/m0/s1. The van der Waals surface area contributed by atoms with Crippen LogP contribution in [0.2, 0.25) is 0 Å². The lowest BCUT2D eigenvalue weighted by molar-refractivity contribution is -0.142. The van der Waals surface area contributed by atoms with Gasteiger partial charge in [-0.2, -0.15) is 0 Å². The Morgan fingerprint density at radius 2 is 1.77 bits per heavy atom. The second-order valence-electron chi connectivity index (χ2n) is 10.1. The average Bonchev–Trinajstić information content (AvgIpc) is 2.63. The van der Waals surface area contributed by atoms with Gasteiger partial charge in [-0.3, -0.25) is 14.5 Å². The molecule has 2 amide bonds. The summed E-state index contributed by atoms with van der Waals surface area (Å²) in [6.07, 6.45) is 4.45. The number of carboxylic acid groups (broad SMARTS) is 1. The Morgan fingerprint density at radius 3 is 2.23 bits per heavy atom. The molecule has 1 rings (SSSR count). The molecule has 0 radical (unpaired) electrons. The van der Waals surface area contributed by atoms with Crippen molar-refractivity contribution < 1.29 is 19.5 Å². The lowest BCUT2D eigenvalue weighted by atomic mass is 9.84. The van der Waals surface area contributed by atoms with Crippen LogP contribution in [0.3, 0.4) is 0 Å². The van der Waals surface area contributed by atoms with Crippen molar-refractivity contribution in [2.75, 3.05) is 14.1 Å². The molecule has 0 saturated carbocycles. The monoisotopic (exact) mass is 423 g/mol. The van der Waals surface area contributed by atoms with Crippen LogP contribution in [0.1, 0.15) is 67.7 Å². The Hall–Kier alpha value is -1.89. The van der Waals surface area contributed by atoms with Gasteiger partial charge < -0.3 is 15.3 Å². The molecule has 4 atom stereocenters. The van der Waals surface area contributed by atoms with Crippen LogP contribution in [-0.2, 0) is 14.4 Å². The van der Waals surface area contributed by atoms with Crippen molar-refractivity contribution in [3.63, 3.8) is 0 Å². The van der Waals surface area contributed by atoms with Crippen molar-refractivity contribution in [1.82, 2.24) is 15.1 Å². The van der Waals surface area contributed by atoms with E-state index in [9.17, 15) is 19.5 Å². The molecule has 1 aliphatic rings. The summed E-state index contributed by atoms with van der Waals surface area (Å²) in [6, 6.07) is -1.00. The number of carboxylic acids is 1. The molecule has 0 spiro atoms. The molecule has 2 N–H and O–H groups in total. The fourth-order valence-electron chi connectivity index (χ4n) is 3.95. The van der Waals surface area contributed by atoms with E-state index in [1.165, 1.54) is 6.92 Å². The predicted octanol–water partition coefficient (Wildman–Crippen LogP) is 2.90. The van der Waals surface area contributed by atoms with Crippen molar-refractivity contribution in [2.45, 2.75) is 91.9 Å². The van der Waals surface area contributed by atoms with Gasteiger partial charge in [-0.15, -0.1) is 0 Å². The van der Waals surface area contributed by atoms with Gasteiger partial charge in [-0.25, -0.2) is 4.79 Å². The van der Waals surface area contributed by atoms with Crippen LogP contribution in [0.25, 0.3) is 0 Å². The van der Waals surface area contributed by atoms with Crippen molar-refractivity contribution >= 4 is 17.8 Å². The number of nitrogens with one attached hydrogen (secondary N) is 1. The molecule has 0 aromatic heterocycles. The normalized spacial score (nSPS) is 23.1. The van der Waals surface area contributed by atoms with Gasteiger partial charge in [0, 0.05) is 18.7 Å². The molecule has 30 heavy (non-hydrogen) atoms. The maximum Gasteiger partial charge on any atom is 0.331 e. The molecular formula is C23H41N3O4. The quantitative estimate of drug-likeness (QED) is 0.615. The van der Waals surface area contributed by atoms with E-state index < -0.39 is 17.4 Å². The zero-order valence-corrected chi connectivity index (χ0v) is 20.2. The molecule has 0 bridgehead atoms. The first-order chi connectivity index (χ1) is 13.7. The average molecular weight is 424 g/mol. The Morgan fingerprint density at radius 1 is 1.20 bits per heavy atom. The second kappa shape index (κ2) is 10.4. The number of hydrogen-bond donors (Lipinski definition) is 2. The Labute approximate surface area is 181 Å². The minimum Gasteiger partial charge on any atom is -0.478 e. The van der Waals surface area contributed by atoms with Crippen molar-refractivity contribution in [2.24, 2.45) is 11.3 Å². The number of hydrogen-bond acceptors (Lipinski definition) is 4. The summed E-state index contributed by atoms with van der Waals surface area (Å²) in [6.45, 7) is 13.3. The minimum absolute atomic E-state index is 0.0231. The van der Waals surface area contributed by atoms with Gasteiger partial charge in [0.25, 0.3) is 0 Å². The highest BCUT2D eigenvalue weighted by molar-refractivity contribution is 5.91. The minimum atomic E-state index is -1.00. The van der Waals surface area contributed by atoms with Gasteiger partial charge in [0.1, 0.15) is 6.04 Å². The molecule has 1 saturated heterocycles. The van der Waals surface area contributed by atoms with Gasteiger partial charge in [-0.05, 0) is 51.5 Å². The largest absolute Gasteiger partial charge is 0.478 e. The van der Waals surface area contributed by atoms with Crippen molar-refractivity contribution in [1.29, 1.82) is 0 Å². The van der Waals surface area contributed by atoms with Crippen molar-refractivity contribution in [3.05, 3.63) is 11.6 Å². The Balaban J connectivity index is 3.12. The van der Waals surface area contributed by atoms with Crippen LogP contribution in [0.4, 0.5) is 0 Å². The molecule has 0 aliphatic carbocycles. The third-order valence-electron chi connectivity index (χ3n) is 6.22. The van der Waals surface area contributed by atoms with Crippen molar-refractivity contribution in [3.8, 4) is 0 Å². The van der Waals surface area contributed by atoms with E-state index in [0.29, 0.717) is 6.04 Å². The summed E-state index contributed by atoms with van der Waals surface area (Å²) >= 11 is 0. The number of amides is 2. The molecule has 0 aromatic rings. The SMILES string of the molecule is C/C(=C\[C@H](C(C)C)N(C)C(=O)[C@@H](NC(=O)[C@H]1CCC[C@H](C)N1C)C(C)(C)C)C(=O)O. The van der Waals surface area contributed by atoms with E-state index in [2.05, 4.69) is 17.1 Å². The third-order valence-corrected chi connectivity index (χ3v) is 6.22. The number of aliphatic carboxylic acids is 1. The number of likely N-dealkylation sites (N-methyl/N-ethyl adjacent to an activating group) is 2. The van der Waals surface area contributed by atoms with Gasteiger partial charge in [0.15, 0.2) is 0 Å². The number of nitrogens with zero attached hydrogens (tertiary/aromatic N) is 2. The topological polar surface area (TPSA) is 90.0 Å². The highest BCUT2D eigenvalue weighted by Crippen LogP contribution is 2.26. The first kappa shape index (κ1) is 26.1. The van der Waals surface area contributed by atoms with Crippen LogP contribution in [0.5, 0.6) is 0 Å². The van der Waals surface area contributed by atoms with Gasteiger partial charge in [0.2, 0.25) is 11.8 Å².